The van der Waals surface area contributed by atoms with Crippen molar-refractivity contribution in [3.8, 4) is 0 Å². The number of hydrogen-bond donors (Lipinski definition) is 0. The van der Waals surface area contributed by atoms with Gasteiger partial charge < -0.3 is 4.74 Å². The smallest absolute Gasteiger partial charge is 0.389 e. The van der Waals surface area contributed by atoms with Crippen LogP contribution in [0.25, 0.3) is 0 Å². The maximum atomic E-state index is 12.1. The summed E-state index contributed by atoms with van der Waals surface area (Å²) in [4.78, 5) is 11.6. The molecule has 2 nitrogen and oxygen atoms in total. The Hall–Kier alpha value is -0.690. The molecule has 0 saturated heterocycles. The Labute approximate surface area is 121 Å². The summed E-state index contributed by atoms with van der Waals surface area (Å²) in [5, 5.41) is -0.736. The van der Waals surface area contributed by atoms with Gasteiger partial charge in [-0.3, -0.25) is 4.79 Å². The van der Waals surface area contributed by atoms with Crippen molar-refractivity contribution in [3.05, 3.63) is 34.3 Å². The van der Waals surface area contributed by atoms with Crippen LogP contribution in [-0.4, -0.2) is 25.0 Å². The number of methoxy groups -OCH3 is 1. The van der Waals surface area contributed by atoms with Gasteiger partial charge in [-0.05, 0) is 17.7 Å². The van der Waals surface area contributed by atoms with Gasteiger partial charge in [0.25, 0.3) is 0 Å². The zero-order valence-corrected chi connectivity index (χ0v) is 12.4. The molecule has 7 heteroatoms. The molecule has 1 aromatic rings. The predicted octanol–water partition coefficient (Wildman–Crippen LogP) is 4.35. The summed E-state index contributed by atoms with van der Waals surface area (Å²) in [5.74, 6) is -0.728. The van der Waals surface area contributed by atoms with Gasteiger partial charge in [0.1, 0.15) is 5.25 Å². The Morgan fingerprint density at radius 1 is 1.37 bits per heavy atom. The van der Waals surface area contributed by atoms with Crippen LogP contribution in [-0.2, 0) is 9.53 Å². The first-order valence-electron chi connectivity index (χ1n) is 5.35. The van der Waals surface area contributed by atoms with Gasteiger partial charge in [0.05, 0.1) is 13.5 Å². The second-order valence-electron chi connectivity index (χ2n) is 3.69. The Morgan fingerprint density at radius 2 is 1.95 bits per heavy atom. The summed E-state index contributed by atoms with van der Waals surface area (Å²) in [7, 11) is 1.22. The number of esters is 1. The fourth-order valence-electron chi connectivity index (χ4n) is 1.34. The van der Waals surface area contributed by atoms with E-state index in [1.807, 2.05) is 0 Å². The van der Waals surface area contributed by atoms with Crippen molar-refractivity contribution in [1.29, 1.82) is 0 Å². The van der Waals surface area contributed by atoms with E-state index in [4.69, 9.17) is 0 Å². The molecule has 0 radical (unpaired) electrons. The minimum Gasteiger partial charge on any atom is -0.468 e. The SMILES string of the molecule is COC(=O)C(SCCC(F)(F)F)c1ccc(Br)cc1. The second-order valence-corrected chi connectivity index (χ2v) is 5.82. The Balaban J connectivity index is 2.73. The Bertz CT molecular complexity index is 420. The van der Waals surface area contributed by atoms with Gasteiger partial charge in [-0.2, -0.15) is 13.2 Å². The molecule has 0 bridgehead atoms. The molecule has 1 unspecified atom stereocenters. The number of halogens is 4. The number of carbonyl (C=O) groups is 1. The third kappa shape index (κ3) is 5.86. The van der Waals surface area contributed by atoms with Crippen molar-refractivity contribution in [1.82, 2.24) is 0 Å². The fraction of sp³-hybridized carbons (Fsp3) is 0.417. The first kappa shape index (κ1) is 16.4. The van der Waals surface area contributed by atoms with Crippen LogP contribution in [0.4, 0.5) is 13.2 Å². The molecule has 0 N–H and O–H groups in total. The van der Waals surface area contributed by atoms with E-state index < -0.39 is 23.8 Å². The first-order valence-corrected chi connectivity index (χ1v) is 7.19. The number of hydrogen-bond acceptors (Lipinski definition) is 3. The molecule has 1 rings (SSSR count). The Kier molecular flexibility index (Phi) is 6.19. The van der Waals surface area contributed by atoms with E-state index in [0.717, 1.165) is 16.2 Å². The quantitative estimate of drug-likeness (QED) is 0.733. The van der Waals surface area contributed by atoms with Gasteiger partial charge in [0.15, 0.2) is 0 Å². The highest BCUT2D eigenvalue weighted by molar-refractivity contribution is 9.10. The molecule has 106 valence electrons. The number of ether oxygens (including phenoxy) is 1. The molecule has 0 aromatic heterocycles. The topological polar surface area (TPSA) is 26.3 Å². The van der Waals surface area contributed by atoms with Crippen molar-refractivity contribution in [2.45, 2.75) is 17.8 Å². The highest BCUT2D eigenvalue weighted by Gasteiger charge is 2.29. The van der Waals surface area contributed by atoms with Gasteiger partial charge in [-0.25, -0.2) is 0 Å². The summed E-state index contributed by atoms with van der Waals surface area (Å²) in [6, 6.07) is 6.84. The maximum Gasteiger partial charge on any atom is 0.389 e. The zero-order valence-electron chi connectivity index (χ0n) is 10.0. The van der Waals surface area contributed by atoms with Crippen LogP contribution in [0.1, 0.15) is 17.2 Å². The van der Waals surface area contributed by atoms with Crippen LogP contribution in [0.2, 0.25) is 0 Å². The molecule has 19 heavy (non-hydrogen) atoms. The fourth-order valence-corrected chi connectivity index (χ4v) is 2.77. The number of alkyl halides is 3. The van der Waals surface area contributed by atoms with E-state index in [1.54, 1.807) is 24.3 Å². The first-order chi connectivity index (χ1) is 8.83. The summed E-state index contributed by atoms with van der Waals surface area (Å²) in [5.41, 5.74) is 0.627. The molecule has 0 aliphatic heterocycles. The average Bonchev–Trinajstić information content (AvgIpc) is 2.34. The summed E-state index contributed by atoms with van der Waals surface area (Å²) in [6.07, 6.45) is -5.14. The average molecular weight is 357 g/mol. The predicted molar refractivity (Wildman–Crippen MR) is 72.0 cm³/mol. The van der Waals surface area contributed by atoms with E-state index in [1.165, 1.54) is 7.11 Å². The maximum absolute atomic E-state index is 12.1. The minimum absolute atomic E-state index is 0.181. The Morgan fingerprint density at radius 3 is 2.42 bits per heavy atom. The number of thioether (sulfide) groups is 1. The lowest BCUT2D eigenvalue weighted by Gasteiger charge is -2.15. The summed E-state index contributed by atoms with van der Waals surface area (Å²) >= 11 is 4.19. The summed E-state index contributed by atoms with van der Waals surface area (Å²) in [6.45, 7) is 0. The third-order valence-corrected chi connectivity index (χ3v) is 4.02. The molecule has 0 aliphatic carbocycles. The second kappa shape index (κ2) is 7.19. The number of carbonyl (C=O) groups excluding carboxylic acids is 1. The van der Waals surface area contributed by atoms with Crippen molar-refractivity contribution < 1.29 is 22.7 Å². The van der Waals surface area contributed by atoms with Crippen LogP contribution >= 0.6 is 27.7 Å². The van der Waals surface area contributed by atoms with Crippen LogP contribution in [0.15, 0.2) is 28.7 Å². The van der Waals surface area contributed by atoms with E-state index >= 15 is 0 Å². The van der Waals surface area contributed by atoms with Gasteiger partial charge in [0.2, 0.25) is 0 Å². The van der Waals surface area contributed by atoms with E-state index in [2.05, 4.69) is 20.7 Å². The molecule has 0 spiro atoms. The van der Waals surface area contributed by atoms with E-state index in [9.17, 15) is 18.0 Å². The normalized spacial score (nSPS) is 13.1. The molecule has 0 fully saturated rings. The number of rotatable bonds is 5. The van der Waals surface area contributed by atoms with E-state index in [-0.39, 0.29) is 5.75 Å². The molecule has 0 aliphatic rings. The van der Waals surface area contributed by atoms with Crippen LogP contribution in [0.5, 0.6) is 0 Å². The van der Waals surface area contributed by atoms with Crippen LogP contribution in [0, 0.1) is 0 Å². The van der Waals surface area contributed by atoms with Crippen LogP contribution in [0.3, 0.4) is 0 Å². The summed E-state index contributed by atoms with van der Waals surface area (Å²) < 4.78 is 41.8. The van der Waals surface area contributed by atoms with Crippen molar-refractivity contribution in [3.63, 3.8) is 0 Å². The molecular formula is C12H12BrF3O2S. The monoisotopic (exact) mass is 356 g/mol. The van der Waals surface area contributed by atoms with Gasteiger partial charge in [0, 0.05) is 10.2 Å². The van der Waals surface area contributed by atoms with Crippen molar-refractivity contribution in [2.24, 2.45) is 0 Å². The van der Waals surface area contributed by atoms with Crippen molar-refractivity contribution >= 4 is 33.7 Å². The van der Waals surface area contributed by atoms with Crippen LogP contribution < -0.4 is 0 Å². The van der Waals surface area contributed by atoms with Crippen molar-refractivity contribution in [2.75, 3.05) is 12.9 Å². The highest BCUT2D eigenvalue weighted by Crippen LogP contribution is 2.33. The molecule has 0 amide bonds. The molecule has 1 aromatic carbocycles. The zero-order chi connectivity index (χ0) is 14.5. The number of benzene rings is 1. The van der Waals surface area contributed by atoms with Gasteiger partial charge >= 0.3 is 12.1 Å². The molecule has 0 saturated carbocycles. The lowest BCUT2D eigenvalue weighted by atomic mass is 10.1. The lowest BCUT2D eigenvalue weighted by molar-refractivity contribution is -0.140. The third-order valence-electron chi connectivity index (χ3n) is 2.26. The largest absolute Gasteiger partial charge is 0.468 e. The molecule has 0 heterocycles. The minimum atomic E-state index is -4.21. The molecule has 1 atom stereocenters. The molecular weight excluding hydrogens is 345 g/mol. The standard InChI is InChI=1S/C12H12BrF3O2S/c1-18-11(17)10(19-7-6-12(14,15)16)8-2-4-9(13)5-3-8/h2-5,10H,6-7H2,1H3. The van der Waals surface area contributed by atoms with Gasteiger partial charge in [-0.15, -0.1) is 11.8 Å². The lowest BCUT2D eigenvalue weighted by Crippen LogP contribution is -2.14. The van der Waals surface area contributed by atoms with E-state index in [0.29, 0.717) is 5.56 Å². The highest BCUT2D eigenvalue weighted by atomic mass is 79.9. The van der Waals surface area contributed by atoms with Gasteiger partial charge in [-0.1, -0.05) is 28.1 Å².